The molecule has 1 fully saturated rings. The van der Waals surface area contributed by atoms with Gasteiger partial charge >= 0.3 is 0 Å². The Labute approximate surface area is 148 Å². The molecule has 2 heterocycles. The summed E-state index contributed by atoms with van der Waals surface area (Å²) in [4.78, 5) is 0. The summed E-state index contributed by atoms with van der Waals surface area (Å²) in [6.45, 7) is 2.77. The number of rotatable bonds is 3. The molecule has 0 aliphatic carbocycles. The van der Waals surface area contributed by atoms with Crippen molar-refractivity contribution in [3.8, 4) is 0 Å². The lowest BCUT2D eigenvalue weighted by atomic mass is 9.76. The molecule has 132 valence electrons. The number of anilines is 1. The van der Waals surface area contributed by atoms with Gasteiger partial charge in [-0.1, -0.05) is 36.4 Å². The molecule has 4 atom stereocenters. The summed E-state index contributed by atoms with van der Waals surface area (Å²) >= 11 is 0. The fraction of sp³-hybridized carbons (Fsp3) is 0.429. The Morgan fingerprint density at radius 3 is 2.76 bits per heavy atom. The van der Waals surface area contributed by atoms with Gasteiger partial charge in [-0.05, 0) is 44.0 Å². The monoisotopic (exact) mass is 340 g/mol. The molecule has 1 saturated heterocycles. The lowest BCUT2D eigenvalue weighted by Crippen LogP contribution is -2.41. The van der Waals surface area contributed by atoms with Crippen molar-refractivity contribution < 1.29 is 9.13 Å². The second-order valence-electron chi connectivity index (χ2n) is 7.22. The van der Waals surface area contributed by atoms with Gasteiger partial charge in [-0.3, -0.25) is 0 Å². The van der Waals surface area contributed by atoms with Gasteiger partial charge in [0.2, 0.25) is 0 Å². The minimum Gasteiger partial charge on any atom is -0.375 e. The van der Waals surface area contributed by atoms with E-state index >= 15 is 0 Å². The highest BCUT2D eigenvalue weighted by Gasteiger charge is 2.43. The van der Waals surface area contributed by atoms with Gasteiger partial charge in [0, 0.05) is 18.0 Å². The van der Waals surface area contributed by atoms with Crippen LogP contribution in [0, 0.1) is 18.7 Å². The van der Waals surface area contributed by atoms with Crippen LogP contribution in [-0.4, -0.2) is 19.7 Å². The average molecular weight is 340 g/mol. The van der Waals surface area contributed by atoms with Crippen LogP contribution in [0.5, 0.6) is 0 Å². The molecule has 4 heteroatoms. The number of ether oxygens (including phenoxy) is 1. The lowest BCUT2D eigenvalue weighted by Gasteiger charge is -2.46. The maximum atomic E-state index is 14.7. The molecular formula is C21H25FN2O. The molecular weight excluding hydrogens is 315 g/mol. The van der Waals surface area contributed by atoms with Crippen LogP contribution in [0.3, 0.4) is 0 Å². The molecule has 4 rings (SSSR count). The van der Waals surface area contributed by atoms with E-state index in [1.165, 1.54) is 5.56 Å². The van der Waals surface area contributed by atoms with Crippen molar-refractivity contribution in [2.45, 2.75) is 38.0 Å². The number of fused-ring (bicyclic) bond motifs is 3. The number of likely N-dealkylation sites (N-methyl/N-ethyl adjacent to an activating group) is 1. The molecule has 2 aromatic carbocycles. The van der Waals surface area contributed by atoms with E-state index in [2.05, 4.69) is 28.8 Å². The molecule has 3 nitrogen and oxygen atoms in total. The Hall–Kier alpha value is -1.91. The molecule has 0 aromatic heterocycles. The van der Waals surface area contributed by atoms with Gasteiger partial charge in [0.1, 0.15) is 5.82 Å². The fourth-order valence-corrected chi connectivity index (χ4v) is 4.33. The first-order chi connectivity index (χ1) is 12.2. The summed E-state index contributed by atoms with van der Waals surface area (Å²) in [5, 5.41) is 6.69. The maximum Gasteiger partial charge on any atom is 0.146 e. The Kier molecular flexibility index (Phi) is 4.48. The van der Waals surface area contributed by atoms with E-state index in [4.69, 9.17) is 4.74 Å². The van der Waals surface area contributed by atoms with E-state index in [0.717, 1.165) is 30.5 Å². The molecule has 0 radical (unpaired) electrons. The number of nitrogens with one attached hydrogen (secondary N) is 2. The fourth-order valence-electron chi connectivity index (χ4n) is 4.33. The summed E-state index contributed by atoms with van der Waals surface area (Å²) < 4.78 is 21.1. The standard InChI is InChI=1S/C21H25FN2O/c1-13-10-17-20(18(22)11-13)24-19(14-6-4-3-5-7-14)16-9-8-15(12-23-2)25-21(16)17/h3-7,10-11,15-16,19,21,23-24H,8-9,12H2,1-2H3/t15-,16+,19+,21+/m1/s1. The molecule has 2 aliphatic rings. The van der Waals surface area contributed by atoms with Crippen LogP contribution in [0.25, 0.3) is 0 Å². The van der Waals surface area contributed by atoms with E-state index in [1.807, 2.05) is 32.2 Å². The average Bonchev–Trinajstić information content (AvgIpc) is 2.62. The molecule has 0 saturated carbocycles. The van der Waals surface area contributed by atoms with Crippen molar-refractivity contribution in [2.75, 3.05) is 18.9 Å². The van der Waals surface area contributed by atoms with Gasteiger partial charge in [0.25, 0.3) is 0 Å². The Balaban J connectivity index is 1.77. The van der Waals surface area contributed by atoms with Crippen LogP contribution in [-0.2, 0) is 4.74 Å². The van der Waals surface area contributed by atoms with Crippen molar-refractivity contribution in [2.24, 2.45) is 5.92 Å². The van der Waals surface area contributed by atoms with Gasteiger partial charge in [-0.15, -0.1) is 0 Å². The largest absolute Gasteiger partial charge is 0.375 e. The molecule has 0 unspecified atom stereocenters. The summed E-state index contributed by atoms with van der Waals surface area (Å²) in [7, 11) is 1.95. The second-order valence-corrected chi connectivity index (χ2v) is 7.22. The summed E-state index contributed by atoms with van der Waals surface area (Å²) in [5.41, 5.74) is 3.70. The number of hydrogen-bond acceptors (Lipinski definition) is 3. The first-order valence-electron chi connectivity index (χ1n) is 9.09. The quantitative estimate of drug-likeness (QED) is 0.871. The summed E-state index contributed by atoms with van der Waals surface area (Å²) in [6, 6.07) is 14.1. The molecule has 2 aromatic rings. The molecule has 0 bridgehead atoms. The number of aryl methyl sites for hydroxylation is 1. The SMILES string of the molecule is CNC[C@H]1CC[C@@H]2[C@H](O1)c1cc(C)cc(F)c1N[C@H]2c1ccccc1. The van der Waals surface area contributed by atoms with Crippen LogP contribution >= 0.6 is 0 Å². The third-order valence-electron chi connectivity index (χ3n) is 5.44. The van der Waals surface area contributed by atoms with Gasteiger partial charge < -0.3 is 15.4 Å². The van der Waals surface area contributed by atoms with Crippen LogP contribution in [0.15, 0.2) is 42.5 Å². The zero-order chi connectivity index (χ0) is 17.4. The Morgan fingerprint density at radius 2 is 2.00 bits per heavy atom. The number of halogens is 1. The molecule has 25 heavy (non-hydrogen) atoms. The first kappa shape index (κ1) is 16.6. The molecule has 0 spiro atoms. The lowest BCUT2D eigenvalue weighted by molar-refractivity contribution is -0.0912. The summed E-state index contributed by atoms with van der Waals surface area (Å²) in [6.07, 6.45) is 2.20. The highest BCUT2D eigenvalue weighted by atomic mass is 19.1. The zero-order valence-electron chi connectivity index (χ0n) is 14.8. The van der Waals surface area contributed by atoms with Crippen molar-refractivity contribution >= 4 is 5.69 Å². The van der Waals surface area contributed by atoms with Crippen LogP contribution < -0.4 is 10.6 Å². The van der Waals surface area contributed by atoms with E-state index in [0.29, 0.717) is 11.6 Å². The molecule has 2 N–H and O–H groups in total. The first-order valence-corrected chi connectivity index (χ1v) is 9.09. The molecule has 0 amide bonds. The normalized spacial score (nSPS) is 28.0. The highest BCUT2D eigenvalue weighted by molar-refractivity contribution is 5.59. The number of hydrogen-bond donors (Lipinski definition) is 2. The van der Waals surface area contributed by atoms with Gasteiger partial charge in [-0.25, -0.2) is 4.39 Å². The smallest absolute Gasteiger partial charge is 0.146 e. The van der Waals surface area contributed by atoms with Gasteiger partial charge in [0.15, 0.2) is 0 Å². The third-order valence-corrected chi connectivity index (χ3v) is 5.44. The van der Waals surface area contributed by atoms with Crippen LogP contribution in [0.1, 0.15) is 41.7 Å². The van der Waals surface area contributed by atoms with Crippen LogP contribution in [0.2, 0.25) is 0 Å². The highest BCUT2D eigenvalue weighted by Crippen LogP contribution is 2.51. The predicted octanol–water partition coefficient (Wildman–Crippen LogP) is 4.36. The van der Waals surface area contributed by atoms with E-state index in [9.17, 15) is 4.39 Å². The van der Waals surface area contributed by atoms with Crippen molar-refractivity contribution in [3.05, 3.63) is 65.0 Å². The van der Waals surface area contributed by atoms with E-state index < -0.39 is 0 Å². The van der Waals surface area contributed by atoms with Crippen molar-refractivity contribution in [1.29, 1.82) is 0 Å². The van der Waals surface area contributed by atoms with Gasteiger partial charge in [0.05, 0.1) is 23.9 Å². The van der Waals surface area contributed by atoms with Crippen molar-refractivity contribution in [1.82, 2.24) is 5.32 Å². The second kappa shape index (κ2) is 6.77. The number of benzene rings is 2. The predicted molar refractivity (Wildman–Crippen MR) is 98.2 cm³/mol. The topological polar surface area (TPSA) is 33.3 Å². The Bertz CT molecular complexity index is 749. The van der Waals surface area contributed by atoms with E-state index in [1.54, 1.807) is 6.07 Å². The molecule has 2 aliphatic heterocycles. The minimum absolute atomic E-state index is 0.0667. The van der Waals surface area contributed by atoms with Gasteiger partial charge in [-0.2, -0.15) is 0 Å². The summed E-state index contributed by atoms with van der Waals surface area (Å²) in [5.74, 6) is 0.123. The van der Waals surface area contributed by atoms with Crippen LogP contribution in [0.4, 0.5) is 10.1 Å². The maximum absolute atomic E-state index is 14.7. The Morgan fingerprint density at radius 1 is 1.20 bits per heavy atom. The zero-order valence-corrected chi connectivity index (χ0v) is 14.8. The van der Waals surface area contributed by atoms with Crippen molar-refractivity contribution in [3.63, 3.8) is 0 Å². The minimum atomic E-state index is -0.186. The van der Waals surface area contributed by atoms with E-state index in [-0.39, 0.29) is 24.1 Å². The third kappa shape index (κ3) is 3.05.